The number of carbonyl (C=O) groups excluding carboxylic acids is 3. The summed E-state index contributed by atoms with van der Waals surface area (Å²) in [7, 11) is 3.03. The highest BCUT2D eigenvalue weighted by molar-refractivity contribution is 6.39. The van der Waals surface area contributed by atoms with Gasteiger partial charge in [0.15, 0.2) is 11.5 Å². The number of anilines is 1. The number of hydrogen-bond acceptors (Lipinski definition) is 6. The van der Waals surface area contributed by atoms with Crippen LogP contribution in [-0.4, -0.2) is 38.7 Å². The molecule has 0 saturated carbocycles. The normalized spacial score (nSPS) is 15.1. The molecule has 4 amide bonds. The second-order valence-corrected chi connectivity index (χ2v) is 6.77. The van der Waals surface area contributed by atoms with Crippen molar-refractivity contribution in [1.29, 1.82) is 0 Å². The van der Waals surface area contributed by atoms with E-state index in [1.165, 1.54) is 20.3 Å². The molecule has 162 valence electrons. The quantitative estimate of drug-likeness (QED) is 0.396. The molecule has 1 aliphatic heterocycles. The molecular formula is C23H24N2O6. The fourth-order valence-corrected chi connectivity index (χ4v) is 3.01. The number of carbonyl (C=O) groups is 3. The van der Waals surface area contributed by atoms with Crippen LogP contribution >= 0.6 is 0 Å². The van der Waals surface area contributed by atoms with Crippen molar-refractivity contribution < 1.29 is 28.6 Å². The zero-order valence-electron chi connectivity index (χ0n) is 17.6. The number of ether oxygens (including phenoxy) is 3. The lowest BCUT2D eigenvalue weighted by atomic mass is 10.1. The molecule has 0 unspecified atom stereocenters. The molecule has 1 aliphatic rings. The number of hydrogen-bond donors (Lipinski definition) is 1. The van der Waals surface area contributed by atoms with Crippen LogP contribution in [0.25, 0.3) is 6.08 Å². The summed E-state index contributed by atoms with van der Waals surface area (Å²) in [6.07, 6.45) is 3.34. The van der Waals surface area contributed by atoms with Gasteiger partial charge in [-0.15, -0.1) is 0 Å². The van der Waals surface area contributed by atoms with Crippen molar-refractivity contribution in [2.45, 2.75) is 19.8 Å². The van der Waals surface area contributed by atoms with Crippen molar-refractivity contribution in [3.63, 3.8) is 0 Å². The molecule has 0 atom stereocenters. The number of nitrogens with zero attached hydrogens (tertiary/aromatic N) is 1. The Morgan fingerprint density at radius 1 is 0.968 bits per heavy atom. The van der Waals surface area contributed by atoms with Crippen molar-refractivity contribution in [2.75, 3.05) is 25.7 Å². The van der Waals surface area contributed by atoms with Gasteiger partial charge in [-0.2, -0.15) is 0 Å². The molecule has 2 aromatic carbocycles. The van der Waals surface area contributed by atoms with Crippen LogP contribution in [0.15, 0.2) is 48.0 Å². The van der Waals surface area contributed by atoms with Crippen molar-refractivity contribution in [1.82, 2.24) is 5.32 Å². The fourth-order valence-electron chi connectivity index (χ4n) is 3.01. The molecule has 0 aliphatic carbocycles. The Labute approximate surface area is 180 Å². The van der Waals surface area contributed by atoms with Gasteiger partial charge in [0.2, 0.25) is 0 Å². The van der Waals surface area contributed by atoms with E-state index in [2.05, 4.69) is 12.2 Å². The van der Waals surface area contributed by atoms with E-state index < -0.39 is 17.8 Å². The maximum absolute atomic E-state index is 13.0. The average molecular weight is 424 g/mol. The molecule has 8 heteroatoms. The number of imide groups is 2. The smallest absolute Gasteiger partial charge is 0.335 e. The highest BCUT2D eigenvalue weighted by atomic mass is 16.5. The summed E-state index contributed by atoms with van der Waals surface area (Å²) < 4.78 is 16.2. The lowest BCUT2D eigenvalue weighted by Gasteiger charge is -2.26. The Morgan fingerprint density at radius 3 is 2.35 bits per heavy atom. The first-order valence-electron chi connectivity index (χ1n) is 9.84. The fraction of sp³-hybridized carbons (Fsp3) is 0.261. The van der Waals surface area contributed by atoms with Gasteiger partial charge in [0.05, 0.1) is 26.5 Å². The Kier molecular flexibility index (Phi) is 6.92. The molecule has 0 bridgehead atoms. The van der Waals surface area contributed by atoms with Crippen LogP contribution in [0.4, 0.5) is 10.5 Å². The van der Waals surface area contributed by atoms with Gasteiger partial charge in [-0.1, -0.05) is 19.4 Å². The van der Waals surface area contributed by atoms with Gasteiger partial charge in [0.1, 0.15) is 11.3 Å². The van der Waals surface area contributed by atoms with E-state index in [9.17, 15) is 14.4 Å². The lowest BCUT2D eigenvalue weighted by Crippen LogP contribution is -2.54. The third-order valence-corrected chi connectivity index (χ3v) is 4.69. The third kappa shape index (κ3) is 4.85. The van der Waals surface area contributed by atoms with E-state index in [4.69, 9.17) is 14.2 Å². The molecule has 0 spiro atoms. The standard InChI is InChI=1S/C23H24N2O6/c1-4-5-12-31-19-11-6-15(14-20(19)30-3)13-18-21(26)24-23(28)25(22(18)27)16-7-9-17(29-2)10-8-16/h6-11,13-14H,4-5,12H2,1-3H3,(H,24,26,28). The predicted molar refractivity (Wildman–Crippen MR) is 115 cm³/mol. The third-order valence-electron chi connectivity index (χ3n) is 4.69. The van der Waals surface area contributed by atoms with Gasteiger partial charge in [0, 0.05) is 0 Å². The summed E-state index contributed by atoms with van der Waals surface area (Å²) in [5.41, 5.74) is 0.707. The minimum absolute atomic E-state index is 0.169. The number of methoxy groups -OCH3 is 2. The lowest BCUT2D eigenvalue weighted by molar-refractivity contribution is -0.122. The van der Waals surface area contributed by atoms with Crippen LogP contribution in [0.1, 0.15) is 25.3 Å². The largest absolute Gasteiger partial charge is 0.497 e. The minimum Gasteiger partial charge on any atom is -0.497 e. The summed E-state index contributed by atoms with van der Waals surface area (Å²) >= 11 is 0. The highest BCUT2D eigenvalue weighted by Gasteiger charge is 2.36. The summed E-state index contributed by atoms with van der Waals surface area (Å²) in [5, 5.41) is 2.20. The first-order valence-corrected chi connectivity index (χ1v) is 9.84. The van der Waals surface area contributed by atoms with Gasteiger partial charge < -0.3 is 14.2 Å². The van der Waals surface area contributed by atoms with Crippen LogP contribution in [0.2, 0.25) is 0 Å². The Balaban J connectivity index is 1.90. The van der Waals surface area contributed by atoms with Crippen molar-refractivity contribution in [2.24, 2.45) is 0 Å². The number of barbiturate groups is 1. The second-order valence-electron chi connectivity index (χ2n) is 6.77. The number of nitrogens with one attached hydrogen (secondary N) is 1. The number of amides is 4. The SMILES string of the molecule is CCCCOc1ccc(C=C2C(=O)NC(=O)N(c3ccc(OC)cc3)C2=O)cc1OC. The van der Waals surface area contributed by atoms with E-state index in [1.807, 2.05) is 0 Å². The van der Waals surface area contributed by atoms with Gasteiger partial charge in [0.25, 0.3) is 11.8 Å². The molecule has 3 rings (SSSR count). The molecule has 1 saturated heterocycles. The number of urea groups is 1. The summed E-state index contributed by atoms with van der Waals surface area (Å²) in [5.74, 6) is 0.154. The summed E-state index contributed by atoms with van der Waals surface area (Å²) in [6.45, 7) is 2.63. The summed E-state index contributed by atoms with van der Waals surface area (Å²) in [4.78, 5) is 38.6. The average Bonchev–Trinajstić information content (AvgIpc) is 2.77. The second kappa shape index (κ2) is 9.80. The first kappa shape index (κ1) is 21.9. The van der Waals surface area contributed by atoms with Gasteiger partial charge >= 0.3 is 6.03 Å². The van der Waals surface area contributed by atoms with Crippen LogP contribution in [0.5, 0.6) is 17.2 Å². The van der Waals surface area contributed by atoms with E-state index >= 15 is 0 Å². The molecule has 31 heavy (non-hydrogen) atoms. The molecule has 0 radical (unpaired) electrons. The predicted octanol–water partition coefficient (Wildman–Crippen LogP) is 3.55. The van der Waals surface area contributed by atoms with Crippen LogP contribution in [0.3, 0.4) is 0 Å². The maximum atomic E-state index is 13.0. The highest BCUT2D eigenvalue weighted by Crippen LogP contribution is 2.30. The Morgan fingerprint density at radius 2 is 1.71 bits per heavy atom. The van der Waals surface area contributed by atoms with Crippen molar-refractivity contribution >= 4 is 29.6 Å². The van der Waals surface area contributed by atoms with Crippen LogP contribution in [-0.2, 0) is 9.59 Å². The van der Waals surface area contributed by atoms with Gasteiger partial charge in [-0.25, -0.2) is 9.69 Å². The monoisotopic (exact) mass is 424 g/mol. The van der Waals surface area contributed by atoms with E-state index in [-0.39, 0.29) is 5.57 Å². The maximum Gasteiger partial charge on any atom is 0.335 e. The molecule has 1 heterocycles. The number of benzene rings is 2. The molecule has 2 aromatic rings. The minimum atomic E-state index is -0.811. The van der Waals surface area contributed by atoms with Gasteiger partial charge in [-0.3, -0.25) is 14.9 Å². The van der Waals surface area contributed by atoms with Gasteiger partial charge in [-0.05, 0) is 54.5 Å². The van der Waals surface area contributed by atoms with E-state index in [0.29, 0.717) is 35.1 Å². The topological polar surface area (TPSA) is 94.2 Å². The van der Waals surface area contributed by atoms with Crippen molar-refractivity contribution in [3.8, 4) is 17.2 Å². The molecule has 1 fully saturated rings. The van der Waals surface area contributed by atoms with Crippen LogP contribution in [0, 0.1) is 0 Å². The molecule has 8 nitrogen and oxygen atoms in total. The zero-order valence-corrected chi connectivity index (χ0v) is 17.6. The number of rotatable bonds is 8. The Hall–Kier alpha value is -3.81. The first-order chi connectivity index (χ1) is 15.0. The molecular weight excluding hydrogens is 400 g/mol. The zero-order chi connectivity index (χ0) is 22.4. The Bertz CT molecular complexity index is 1010. The molecule has 0 aromatic heterocycles. The van der Waals surface area contributed by atoms with Crippen molar-refractivity contribution in [3.05, 3.63) is 53.6 Å². The molecule has 1 N–H and O–H groups in total. The summed E-state index contributed by atoms with van der Waals surface area (Å²) in [6, 6.07) is 10.7. The van der Waals surface area contributed by atoms with Crippen LogP contribution < -0.4 is 24.4 Å². The van der Waals surface area contributed by atoms with E-state index in [1.54, 1.807) is 42.5 Å². The number of unbranched alkanes of at least 4 members (excludes halogenated alkanes) is 1. The van der Waals surface area contributed by atoms with E-state index in [0.717, 1.165) is 17.7 Å².